The van der Waals surface area contributed by atoms with E-state index < -0.39 is 5.97 Å². The van der Waals surface area contributed by atoms with Crippen LogP contribution in [0.4, 0.5) is 5.00 Å². The smallest absolute Gasteiger partial charge is 0.345 e. The van der Waals surface area contributed by atoms with E-state index in [4.69, 9.17) is 9.84 Å². The Morgan fingerprint density at radius 3 is 2.76 bits per heavy atom. The highest BCUT2D eigenvalue weighted by molar-refractivity contribution is 7.17. The molecule has 1 aromatic heterocycles. The van der Waals surface area contributed by atoms with Gasteiger partial charge in [0, 0.05) is 26.8 Å². The maximum absolute atomic E-state index is 10.8. The summed E-state index contributed by atoms with van der Waals surface area (Å²) in [6.45, 7) is 2.82. The molecule has 2 heterocycles. The zero-order chi connectivity index (χ0) is 12.3. The van der Waals surface area contributed by atoms with Gasteiger partial charge >= 0.3 is 5.97 Å². The molecular formula is C12H17NO3S. The van der Waals surface area contributed by atoms with Crippen LogP contribution in [0.2, 0.25) is 0 Å². The summed E-state index contributed by atoms with van der Waals surface area (Å²) in [7, 11) is 1.74. The van der Waals surface area contributed by atoms with Gasteiger partial charge in [-0.25, -0.2) is 4.79 Å². The molecule has 0 aromatic carbocycles. The molecule has 0 atom stereocenters. The highest BCUT2D eigenvalue weighted by Gasteiger charge is 2.20. The fourth-order valence-corrected chi connectivity index (χ4v) is 3.06. The largest absolute Gasteiger partial charge is 0.477 e. The number of anilines is 1. The molecule has 4 nitrogen and oxygen atoms in total. The van der Waals surface area contributed by atoms with Gasteiger partial charge in [0.25, 0.3) is 0 Å². The summed E-state index contributed by atoms with van der Waals surface area (Å²) in [5.74, 6) is -0.189. The van der Waals surface area contributed by atoms with E-state index in [1.165, 1.54) is 11.3 Å². The molecule has 94 valence electrons. The maximum atomic E-state index is 10.8. The highest BCUT2D eigenvalue weighted by Crippen LogP contribution is 2.29. The number of aromatic carboxylic acids is 1. The number of carboxylic acids is 1. The molecule has 0 spiro atoms. The van der Waals surface area contributed by atoms with Crippen LogP contribution in [0.3, 0.4) is 0 Å². The average molecular weight is 255 g/mol. The lowest BCUT2D eigenvalue weighted by Gasteiger charge is -2.32. The molecule has 0 aliphatic carbocycles. The normalized spacial score (nSPS) is 17.4. The minimum atomic E-state index is -0.837. The topological polar surface area (TPSA) is 49.8 Å². The average Bonchev–Trinajstić information content (AvgIpc) is 2.80. The van der Waals surface area contributed by atoms with E-state index in [0.717, 1.165) is 37.5 Å². The van der Waals surface area contributed by atoms with Crippen LogP contribution in [0.1, 0.15) is 22.5 Å². The van der Waals surface area contributed by atoms with E-state index in [2.05, 4.69) is 4.90 Å². The van der Waals surface area contributed by atoms with E-state index in [1.54, 1.807) is 13.2 Å². The van der Waals surface area contributed by atoms with Gasteiger partial charge < -0.3 is 14.7 Å². The third-order valence-electron chi connectivity index (χ3n) is 3.13. The standard InChI is InChI=1S/C12H17NO3S/c1-16-8-9-4-6-13(7-5-9)11-3-2-10(17-11)12(14)15/h2-3,9H,4-8H2,1H3,(H,14,15). The Balaban J connectivity index is 1.93. The fraction of sp³-hybridized carbons (Fsp3) is 0.583. The molecule has 1 saturated heterocycles. The van der Waals surface area contributed by atoms with Gasteiger partial charge in [-0.15, -0.1) is 11.3 Å². The summed E-state index contributed by atoms with van der Waals surface area (Å²) >= 11 is 1.36. The first kappa shape index (κ1) is 12.4. The van der Waals surface area contributed by atoms with Crippen LogP contribution in [-0.4, -0.2) is 37.9 Å². The summed E-state index contributed by atoms with van der Waals surface area (Å²) in [5.41, 5.74) is 0. The molecule has 0 bridgehead atoms. The predicted octanol–water partition coefficient (Wildman–Crippen LogP) is 2.31. The molecule has 1 aliphatic heterocycles. The van der Waals surface area contributed by atoms with Crippen LogP contribution < -0.4 is 4.90 Å². The van der Waals surface area contributed by atoms with Gasteiger partial charge in [-0.05, 0) is 30.9 Å². The molecular weight excluding hydrogens is 238 g/mol. The Bertz CT molecular complexity index is 383. The molecule has 1 aromatic rings. The summed E-state index contributed by atoms with van der Waals surface area (Å²) < 4.78 is 5.16. The minimum absolute atomic E-state index is 0.416. The highest BCUT2D eigenvalue weighted by atomic mass is 32.1. The van der Waals surface area contributed by atoms with Crippen molar-refractivity contribution in [3.8, 4) is 0 Å². The minimum Gasteiger partial charge on any atom is -0.477 e. The van der Waals surface area contributed by atoms with Crippen molar-refractivity contribution in [3.05, 3.63) is 17.0 Å². The van der Waals surface area contributed by atoms with Gasteiger partial charge in [-0.3, -0.25) is 0 Å². The zero-order valence-electron chi connectivity index (χ0n) is 9.89. The Hall–Kier alpha value is -1.07. The molecule has 1 aliphatic rings. The lowest BCUT2D eigenvalue weighted by atomic mass is 9.98. The molecule has 2 rings (SSSR count). The van der Waals surface area contributed by atoms with Gasteiger partial charge in [0.15, 0.2) is 0 Å². The fourth-order valence-electron chi connectivity index (χ4n) is 2.17. The first-order valence-electron chi connectivity index (χ1n) is 5.77. The number of carboxylic acid groups (broad SMARTS) is 1. The summed E-state index contributed by atoms with van der Waals surface area (Å²) in [6.07, 6.45) is 2.24. The Kier molecular flexibility index (Phi) is 4.02. The van der Waals surface area contributed by atoms with Crippen LogP contribution in [0.15, 0.2) is 12.1 Å². The van der Waals surface area contributed by atoms with Crippen LogP contribution in [0.25, 0.3) is 0 Å². The summed E-state index contributed by atoms with van der Waals surface area (Å²) in [5, 5.41) is 9.95. The van der Waals surface area contributed by atoms with Crippen LogP contribution in [-0.2, 0) is 4.74 Å². The van der Waals surface area contributed by atoms with Gasteiger partial charge in [-0.1, -0.05) is 0 Å². The monoisotopic (exact) mass is 255 g/mol. The van der Waals surface area contributed by atoms with E-state index >= 15 is 0 Å². The number of carbonyl (C=O) groups is 1. The predicted molar refractivity (Wildman–Crippen MR) is 68.1 cm³/mol. The molecule has 5 heteroatoms. The Morgan fingerprint density at radius 2 is 2.24 bits per heavy atom. The number of thiophene rings is 1. The quantitative estimate of drug-likeness (QED) is 0.897. The van der Waals surface area contributed by atoms with Crippen LogP contribution in [0, 0.1) is 5.92 Å². The molecule has 0 radical (unpaired) electrons. The SMILES string of the molecule is COCC1CCN(c2ccc(C(=O)O)s2)CC1. The number of rotatable bonds is 4. The molecule has 0 saturated carbocycles. The van der Waals surface area contributed by atoms with Gasteiger partial charge in [-0.2, -0.15) is 0 Å². The van der Waals surface area contributed by atoms with E-state index in [9.17, 15) is 4.79 Å². The number of hydrogen-bond donors (Lipinski definition) is 1. The second-order valence-electron chi connectivity index (χ2n) is 4.33. The molecule has 17 heavy (non-hydrogen) atoms. The summed E-state index contributed by atoms with van der Waals surface area (Å²) in [6, 6.07) is 3.59. The Labute approximate surface area is 105 Å². The number of piperidine rings is 1. The van der Waals surface area contributed by atoms with Crippen molar-refractivity contribution in [3.63, 3.8) is 0 Å². The zero-order valence-corrected chi connectivity index (χ0v) is 10.7. The third kappa shape index (κ3) is 2.98. The van der Waals surface area contributed by atoms with E-state index in [0.29, 0.717) is 10.8 Å². The Morgan fingerprint density at radius 1 is 1.53 bits per heavy atom. The van der Waals surface area contributed by atoms with Crippen molar-refractivity contribution in [2.75, 3.05) is 31.7 Å². The van der Waals surface area contributed by atoms with Gasteiger partial charge in [0.2, 0.25) is 0 Å². The van der Waals surface area contributed by atoms with Gasteiger partial charge in [0.1, 0.15) is 4.88 Å². The van der Waals surface area contributed by atoms with E-state index in [1.807, 2.05) is 6.07 Å². The molecule has 0 amide bonds. The first-order valence-corrected chi connectivity index (χ1v) is 6.59. The maximum Gasteiger partial charge on any atom is 0.345 e. The van der Waals surface area contributed by atoms with Crippen molar-refractivity contribution in [2.24, 2.45) is 5.92 Å². The molecule has 0 unspecified atom stereocenters. The lowest BCUT2D eigenvalue weighted by Crippen LogP contribution is -2.34. The number of nitrogens with zero attached hydrogens (tertiary/aromatic N) is 1. The van der Waals surface area contributed by atoms with Crippen molar-refractivity contribution in [1.82, 2.24) is 0 Å². The van der Waals surface area contributed by atoms with Crippen molar-refractivity contribution >= 4 is 22.3 Å². The second-order valence-corrected chi connectivity index (χ2v) is 5.39. The number of hydrogen-bond acceptors (Lipinski definition) is 4. The van der Waals surface area contributed by atoms with E-state index in [-0.39, 0.29) is 0 Å². The number of methoxy groups -OCH3 is 1. The lowest BCUT2D eigenvalue weighted by molar-refractivity contribution is 0.0702. The molecule has 1 fully saturated rings. The van der Waals surface area contributed by atoms with Crippen molar-refractivity contribution in [1.29, 1.82) is 0 Å². The second kappa shape index (κ2) is 5.51. The molecule has 1 N–H and O–H groups in total. The van der Waals surface area contributed by atoms with Crippen LogP contribution in [0.5, 0.6) is 0 Å². The first-order chi connectivity index (χ1) is 8.20. The van der Waals surface area contributed by atoms with Crippen LogP contribution >= 0.6 is 11.3 Å². The van der Waals surface area contributed by atoms with Crippen molar-refractivity contribution in [2.45, 2.75) is 12.8 Å². The number of ether oxygens (including phenoxy) is 1. The van der Waals surface area contributed by atoms with Crippen molar-refractivity contribution < 1.29 is 14.6 Å². The van der Waals surface area contributed by atoms with Gasteiger partial charge in [0.05, 0.1) is 5.00 Å². The third-order valence-corrected chi connectivity index (χ3v) is 4.27. The summed E-state index contributed by atoms with van der Waals surface area (Å²) in [4.78, 5) is 13.5.